The van der Waals surface area contributed by atoms with Crippen LogP contribution in [0, 0.1) is 11.3 Å². The maximum absolute atomic E-state index is 13.6. The van der Waals surface area contributed by atoms with Gasteiger partial charge in [-0.05, 0) is 38.4 Å². The fourth-order valence-electron chi connectivity index (χ4n) is 7.69. The zero-order valence-corrected chi connectivity index (χ0v) is 16.4. The van der Waals surface area contributed by atoms with E-state index < -0.39 is 16.5 Å². The summed E-state index contributed by atoms with van der Waals surface area (Å²) in [5.41, 5.74) is 1.19. The molecule has 2 bridgehead atoms. The van der Waals surface area contributed by atoms with E-state index in [9.17, 15) is 9.59 Å². The molecule has 4 saturated heterocycles. The summed E-state index contributed by atoms with van der Waals surface area (Å²) in [6.07, 6.45) is 3.05. The number of hydrogen-bond donors (Lipinski definition) is 0. The number of hydrogen-bond acceptors (Lipinski definition) is 6. The van der Waals surface area contributed by atoms with Gasteiger partial charge in [0, 0.05) is 30.8 Å². The maximum Gasteiger partial charge on any atom is 0.334 e. The first-order valence-electron chi connectivity index (χ1n) is 10.1. The van der Waals surface area contributed by atoms with Crippen molar-refractivity contribution in [3.8, 4) is 0 Å². The molecule has 6 aliphatic rings. The molecule has 0 radical (unpaired) electrons. The average Bonchev–Trinajstić information content (AvgIpc) is 3.15. The van der Waals surface area contributed by atoms with Crippen LogP contribution in [-0.2, 0) is 24.5 Å². The van der Waals surface area contributed by atoms with E-state index in [0.717, 1.165) is 18.7 Å². The summed E-state index contributed by atoms with van der Waals surface area (Å²) in [7, 11) is 4.25. The molecule has 5 fully saturated rings. The van der Waals surface area contributed by atoms with E-state index in [0.29, 0.717) is 12.0 Å². The summed E-state index contributed by atoms with van der Waals surface area (Å²) in [6.45, 7) is 2.83. The van der Waals surface area contributed by atoms with Crippen LogP contribution in [0.5, 0.6) is 0 Å². The summed E-state index contributed by atoms with van der Waals surface area (Å²) < 4.78 is 11.8. The number of ether oxygens (including phenoxy) is 2. The molecule has 1 saturated carbocycles. The molecule has 146 valence electrons. The van der Waals surface area contributed by atoms with Crippen molar-refractivity contribution in [1.29, 1.82) is 0 Å². The number of allylic oxidation sites excluding steroid dienone is 1. The van der Waals surface area contributed by atoms with Crippen molar-refractivity contribution in [3.05, 3.63) is 41.5 Å². The number of carbonyl (C=O) groups excluding carboxylic acids is 2. The summed E-state index contributed by atoms with van der Waals surface area (Å²) in [6, 6.07) is 8.41. The van der Waals surface area contributed by atoms with Crippen molar-refractivity contribution < 1.29 is 19.1 Å². The highest BCUT2D eigenvalue weighted by Crippen LogP contribution is 2.75. The van der Waals surface area contributed by atoms with Crippen LogP contribution in [0.3, 0.4) is 0 Å². The number of likely N-dealkylation sites (N-methyl/N-ethyl adjacent to an activating group) is 2. The van der Waals surface area contributed by atoms with Crippen molar-refractivity contribution in [1.82, 2.24) is 4.90 Å². The predicted octanol–water partition coefficient (Wildman–Crippen LogP) is 1.84. The third-order valence-electron chi connectivity index (χ3n) is 8.49. The van der Waals surface area contributed by atoms with Gasteiger partial charge in [0.15, 0.2) is 0 Å². The van der Waals surface area contributed by atoms with Crippen LogP contribution >= 0.6 is 0 Å². The van der Waals surface area contributed by atoms with Crippen LogP contribution in [0.1, 0.15) is 25.3 Å². The normalized spacial score (nSPS) is 44.7. The van der Waals surface area contributed by atoms with Crippen LogP contribution in [0.15, 0.2) is 35.9 Å². The van der Waals surface area contributed by atoms with Gasteiger partial charge in [0.1, 0.15) is 23.8 Å². The minimum absolute atomic E-state index is 0.0944. The largest absolute Gasteiger partial charge is 0.461 e. The van der Waals surface area contributed by atoms with Crippen LogP contribution in [0.25, 0.3) is 0 Å². The number of esters is 2. The SMILES string of the molecule is C/C=C1/C(=O)OC[C@@]23C(=O)O[C@@H](C[C@@H]12)[C@]12N(C)CC[C@@]13c1ccccc1N2C. The Morgan fingerprint density at radius 1 is 1.21 bits per heavy atom. The summed E-state index contributed by atoms with van der Waals surface area (Å²) in [5, 5.41) is 0. The van der Waals surface area contributed by atoms with Gasteiger partial charge in [-0.1, -0.05) is 24.3 Å². The first-order valence-corrected chi connectivity index (χ1v) is 10.1. The summed E-state index contributed by atoms with van der Waals surface area (Å²) >= 11 is 0. The molecule has 0 aromatic heterocycles. The van der Waals surface area contributed by atoms with Gasteiger partial charge in [0.25, 0.3) is 0 Å². The molecule has 1 aliphatic carbocycles. The molecule has 0 unspecified atom stereocenters. The fourth-order valence-corrected chi connectivity index (χ4v) is 7.69. The van der Waals surface area contributed by atoms with Gasteiger partial charge >= 0.3 is 11.9 Å². The Morgan fingerprint density at radius 2 is 2.00 bits per heavy atom. The van der Waals surface area contributed by atoms with Crippen LogP contribution in [0.4, 0.5) is 5.69 Å². The van der Waals surface area contributed by atoms with Crippen LogP contribution in [0.2, 0.25) is 0 Å². The molecule has 6 heteroatoms. The lowest BCUT2D eigenvalue weighted by Crippen LogP contribution is -2.83. The van der Waals surface area contributed by atoms with Gasteiger partial charge in [-0.15, -0.1) is 0 Å². The van der Waals surface area contributed by atoms with Crippen molar-refractivity contribution in [2.75, 3.05) is 32.1 Å². The zero-order valence-electron chi connectivity index (χ0n) is 16.4. The smallest absolute Gasteiger partial charge is 0.334 e. The van der Waals surface area contributed by atoms with Gasteiger partial charge in [-0.25, -0.2) is 4.79 Å². The second-order valence-corrected chi connectivity index (χ2v) is 8.85. The van der Waals surface area contributed by atoms with Crippen molar-refractivity contribution in [2.45, 2.75) is 36.9 Å². The van der Waals surface area contributed by atoms with E-state index in [-0.39, 0.29) is 30.6 Å². The number of cyclic esters (lactones) is 1. The maximum atomic E-state index is 13.6. The lowest BCUT2D eigenvalue weighted by atomic mass is 9.42. The third-order valence-corrected chi connectivity index (χ3v) is 8.49. The zero-order chi connectivity index (χ0) is 19.5. The van der Waals surface area contributed by atoms with Gasteiger partial charge in [0.05, 0.1) is 5.41 Å². The van der Waals surface area contributed by atoms with Crippen molar-refractivity contribution in [3.63, 3.8) is 0 Å². The Labute approximate surface area is 164 Å². The molecule has 1 aromatic carbocycles. The lowest BCUT2D eigenvalue weighted by Gasteiger charge is -2.68. The Morgan fingerprint density at radius 3 is 2.79 bits per heavy atom. The molecule has 28 heavy (non-hydrogen) atoms. The van der Waals surface area contributed by atoms with E-state index in [2.05, 4.69) is 42.1 Å². The first-order chi connectivity index (χ1) is 13.5. The third kappa shape index (κ3) is 1.30. The highest BCUT2D eigenvalue weighted by atomic mass is 16.6. The Hall–Kier alpha value is -2.34. The molecule has 5 aliphatic heterocycles. The molecular weight excluding hydrogens is 356 g/mol. The van der Waals surface area contributed by atoms with Gasteiger partial charge in [-0.3, -0.25) is 9.69 Å². The number of carbonyl (C=O) groups is 2. The molecule has 5 heterocycles. The van der Waals surface area contributed by atoms with E-state index in [1.54, 1.807) is 0 Å². The van der Waals surface area contributed by atoms with Crippen molar-refractivity contribution in [2.24, 2.45) is 11.3 Å². The van der Waals surface area contributed by atoms with Gasteiger partial charge in [0.2, 0.25) is 0 Å². The second kappa shape index (κ2) is 4.79. The van der Waals surface area contributed by atoms with E-state index in [4.69, 9.17) is 9.47 Å². The average molecular weight is 380 g/mol. The summed E-state index contributed by atoms with van der Waals surface area (Å²) in [4.78, 5) is 30.9. The minimum Gasteiger partial charge on any atom is -0.461 e. The number of benzene rings is 1. The highest BCUT2D eigenvalue weighted by molar-refractivity contribution is 5.96. The molecular formula is C22H24N2O4. The first kappa shape index (κ1) is 16.6. The number of para-hydroxylation sites is 1. The standard InChI is InChI=1S/C22H24N2O4/c1-4-13-15-11-17-22-21(9-10-23(22)2,14-7-5-6-8-16(14)24(22)3)20(15,19(26)28-17)12-27-18(13)25/h4-8,15,17H,9-12H2,1-3H3/b13-4+/t15-,17-,20-,21-,22+/m0/s1. The number of nitrogens with zero attached hydrogens (tertiary/aromatic N) is 2. The molecule has 1 spiro atoms. The number of likely N-dealkylation sites (tertiary alicyclic amines) is 1. The molecule has 0 amide bonds. The monoisotopic (exact) mass is 380 g/mol. The fraction of sp³-hybridized carbons (Fsp3) is 0.545. The molecule has 6 nitrogen and oxygen atoms in total. The second-order valence-electron chi connectivity index (χ2n) is 8.85. The molecule has 1 aromatic rings. The van der Waals surface area contributed by atoms with Gasteiger partial charge < -0.3 is 14.4 Å². The number of fused-ring (bicyclic) bond motifs is 2. The van der Waals surface area contributed by atoms with Crippen molar-refractivity contribution >= 4 is 17.6 Å². The van der Waals surface area contributed by atoms with E-state index in [1.807, 2.05) is 19.1 Å². The van der Waals surface area contributed by atoms with Gasteiger partial charge in [-0.2, -0.15) is 0 Å². The molecule has 7 rings (SSSR count). The molecule has 0 N–H and O–H groups in total. The highest BCUT2D eigenvalue weighted by Gasteiger charge is 2.87. The topological polar surface area (TPSA) is 59.1 Å². The minimum atomic E-state index is -0.886. The quantitative estimate of drug-likeness (QED) is 0.506. The predicted molar refractivity (Wildman–Crippen MR) is 102 cm³/mol. The van der Waals surface area contributed by atoms with E-state index >= 15 is 0 Å². The van der Waals surface area contributed by atoms with E-state index in [1.165, 1.54) is 5.56 Å². The number of anilines is 1. The Balaban J connectivity index is 1.74. The van der Waals surface area contributed by atoms with Crippen LogP contribution in [-0.4, -0.2) is 55.9 Å². The van der Waals surface area contributed by atoms with Crippen LogP contribution < -0.4 is 4.90 Å². The number of rotatable bonds is 0. The Bertz CT molecular complexity index is 973. The Kier molecular flexibility index (Phi) is 2.84. The summed E-state index contributed by atoms with van der Waals surface area (Å²) in [5.74, 6) is -0.646. The lowest BCUT2D eigenvalue weighted by molar-refractivity contribution is -0.249. The molecule has 5 atom stereocenters.